The third-order valence-corrected chi connectivity index (χ3v) is 11.7. The van der Waals surface area contributed by atoms with Crippen molar-refractivity contribution >= 4 is 39.5 Å². The molecule has 2 heterocycles. The van der Waals surface area contributed by atoms with Crippen molar-refractivity contribution in [2.24, 2.45) is 17.8 Å². The number of allylic oxidation sites excluding steroid dienone is 1. The second kappa shape index (κ2) is 13.8. The predicted octanol–water partition coefficient (Wildman–Crippen LogP) is 3.69. The number of amides is 4. The quantitative estimate of drug-likeness (QED) is 0.366. The minimum atomic E-state index is -3.85. The summed E-state index contributed by atoms with van der Waals surface area (Å²) in [7, 11) is -0.637. The number of nitrogens with zero attached hydrogens (tertiary/aromatic N) is 2. The van der Waals surface area contributed by atoms with Crippen molar-refractivity contribution in [2.75, 3.05) is 26.0 Å². The average Bonchev–Trinajstić information content (AvgIpc) is 3.99. The van der Waals surface area contributed by atoms with E-state index in [0.717, 1.165) is 24.8 Å². The number of hydrogen-bond acceptors (Lipinski definition) is 9. The maximum atomic E-state index is 14.0. The highest BCUT2D eigenvalue weighted by atomic mass is 32.2. The monoisotopic (exact) mass is 693 g/mol. The number of benzene rings is 1. The summed E-state index contributed by atoms with van der Waals surface area (Å²) in [4.78, 5) is 60.6. The van der Waals surface area contributed by atoms with Crippen molar-refractivity contribution in [2.45, 2.75) is 75.2 Å². The van der Waals surface area contributed by atoms with E-state index in [-0.39, 0.29) is 31.1 Å². The van der Waals surface area contributed by atoms with E-state index >= 15 is 0 Å². The summed E-state index contributed by atoms with van der Waals surface area (Å²) in [6, 6.07) is 8.96. The third kappa shape index (κ3) is 7.58. The molecule has 0 unspecified atom stereocenters. The zero-order valence-corrected chi connectivity index (χ0v) is 28.8. The van der Waals surface area contributed by atoms with E-state index in [1.54, 1.807) is 36.3 Å². The number of nitrogens with one attached hydrogen (secondary N) is 3. The Morgan fingerprint density at radius 3 is 2.57 bits per heavy atom. The molecule has 0 radical (unpaired) electrons. The minimum absolute atomic E-state index is 0.0482. The van der Waals surface area contributed by atoms with Gasteiger partial charge in [-0.1, -0.05) is 18.2 Å². The van der Waals surface area contributed by atoms with Crippen LogP contribution in [0.4, 0.5) is 10.5 Å². The summed E-state index contributed by atoms with van der Waals surface area (Å²) in [5.41, 5.74) is 1.23. The van der Waals surface area contributed by atoms with Gasteiger partial charge in [0, 0.05) is 37.3 Å². The van der Waals surface area contributed by atoms with E-state index in [9.17, 15) is 27.6 Å². The lowest BCUT2D eigenvalue weighted by Crippen LogP contribution is -2.54. The van der Waals surface area contributed by atoms with Crippen LogP contribution in [0, 0.1) is 24.7 Å². The molecule has 1 aromatic heterocycles. The van der Waals surface area contributed by atoms with Gasteiger partial charge >= 0.3 is 6.09 Å². The van der Waals surface area contributed by atoms with Crippen molar-refractivity contribution in [1.29, 1.82) is 0 Å². The summed E-state index contributed by atoms with van der Waals surface area (Å²) >= 11 is 0. The van der Waals surface area contributed by atoms with Crippen molar-refractivity contribution in [3.8, 4) is 17.0 Å². The number of hydrogen-bond donors (Lipinski definition) is 3. The molecule has 3 N–H and O–H groups in total. The number of ether oxygens (including phenoxy) is 2. The summed E-state index contributed by atoms with van der Waals surface area (Å²) < 4.78 is 38.7. The van der Waals surface area contributed by atoms with E-state index in [1.807, 2.05) is 31.2 Å². The third-order valence-electron chi connectivity index (χ3n) is 9.92. The number of anilines is 1. The first-order chi connectivity index (χ1) is 23.4. The van der Waals surface area contributed by atoms with Gasteiger partial charge in [-0.05, 0) is 82.1 Å². The lowest BCUT2D eigenvalue weighted by molar-refractivity contribution is -0.140. The van der Waals surface area contributed by atoms with Gasteiger partial charge in [0.25, 0.3) is 5.91 Å². The van der Waals surface area contributed by atoms with E-state index < -0.39 is 56.7 Å². The Labute approximate surface area is 286 Å². The molecule has 2 aromatic rings. The first-order valence-electron chi connectivity index (χ1n) is 16.8. The molecule has 0 saturated heterocycles. The van der Waals surface area contributed by atoms with Gasteiger partial charge in [-0.2, -0.15) is 0 Å². The summed E-state index contributed by atoms with van der Waals surface area (Å²) in [6.07, 6.45) is 7.63. The Balaban J connectivity index is 1.21. The summed E-state index contributed by atoms with van der Waals surface area (Å²) in [6.45, 7) is 2.43. The average molecular weight is 694 g/mol. The predicted molar refractivity (Wildman–Crippen MR) is 181 cm³/mol. The van der Waals surface area contributed by atoms with Crippen LogP contribution in [0.25, 0.3) is 11.3 Å². The molecule has 262 valence electrons. The Bertz CT molecular complexity index is 1760. The molecule has 3 aliphatic carbocycles. The Morgan fingerprint density at radius 2 is 1.86 bits per heavy atom. The number of rotatable bonds is 7. The molecular formula is C35H43N5O8S. The lowest BCUT2D eigenvalue weighted by Gasteiger charge is -2.26. The molecule has 49 heavy (non-hydrogen) atoms. The van der Waals surface area contributed by atoms with Crippen molar-refractivity contribution in [3.63, 3.8) is 0 Å². The largest absolute Gasteiger partial charge is 0.497 e. The van der Waals surface area contributed by atoms with Crippen LogP contribution in [-0.4, -0.2) is 79.7 Å². The fraction of sp³-hybridized carbons (Fsp3) is 0.514. The molecule has 1 aliphatic heterocycles. The highest BCUT2D eigenvalue weighted by Gasteiger charge is 2.62. The van der Waals surface area contributed by atoms with Gasteiger partial charge in [0.05, 0.1) is 35.6 Å². The number of sulfonamides is 1. The zero-order chi connectivity index (χ0) is 34.9. The van der Waals surface area contributed by atoms with Crippen molar-refractivity contribution in [3.05, 3.63) is 54.2 Å². The van der Waals surface area contributed by atoms with Crippen LogP contribution in [0.3, 0.4) is 0 Å². The van der Waals surface area contributed by atoms with E-state index in [1.165, 1.54) is 7.11 Å². The smallest absolute Gasteiger partial charge is 0.411 e. The van der Waals surface area contributed by atoms with E-state index in [0.29, 0.717) is 42.1 Å². The number of methoxy groups -OCH3 is 1. The fourth-order valence-electron chi connectivity index (χ4n) is 6.79. The Kier molecular flexibility index (Phi) is 9.70. The molecule has 13 nitrogen and oxygen atoms in total. The molecule has 4 amide bonds. The second-order valence-corrected chi connectivity index (χ2v) is 15.6. The number of carbonyl (C=O) groups excluding carboxylic acids is 4. The number of pyridine rings is 1. The van der Waals surface area contributed by atoms with Crippen molar-refractivity contribution in [1.82, 2.24) is 19.9 Å². The maximum absolute atomic E-state index is 14.0. The van der Waals surface area contributed by atoms with Gasteiger partial charge in [0.2, 0.25) is 21.8 Å². The normalized spacial score (nSPS) is 27.9. The zero-order valence-electron chi connectivity index (χ0n) is 27.9. The molecule has 5 atom stereocenters. The van der Waals surface area contributed by atoms with Crippen LogP contribution in [0.2, 0.25) is 0 Å². The van der Waals surface area contributed by atoms with Gasteiger partial charge in [0.15, 0.2) is 0 Å². The first-order valence-corrected chi connectivity index (χ1v) is 18.3. The second-order valence-electron chi connectivity index (χ2n) is 13.6. The molecule has 1 aromatic carbocycles. The van der Waals surface area contributed by atoms with Gasteiger partial charge in [-0.3, -0.25) is 29.4 Å². The van der Waals surface area contributed by atoms with Crippen LogP contribution in [0.15, 0.2) is 48.7 Å². The van der Waals surface area contributed by atoms with Crippen LogP contribution in [0.1, 0.15) is 56.9 Å². The SMILES string of the molecule is COc1ccc(-c2ccc(C)cn2)c(NC(=O)O[C@@H]2C[C@H]3C(=O)N[C@]4(C(=O)NS(=O)(=O)C5CC5)C[C@H]4/C=C\CCCCN(C)C(=O)[C@@H]3C2)c1. The molecule has 3 saturated carbocycles. The summed E-state index contributed by atoms with van der Waals surface area (Å²) in [5, 5.41) is 5.04. The molecule has 4 aliphatic rings. The van der Waals surface area contributed by atoms with Crippen LogP contribution < -0.4 is 20.1 Å². The number of aryl methyl sites for hydroxylation is 1. The van der Waals surface area contributed by atoms with Crippen molar-refractivity contribution < 1.29 is 37.1 Å². The number of carbonyl (C=O) groups is 4. The van der Waals surface area contributed by atoms with Crippen LogP contribution >= 0.6 is 0 Å². The topological polar surface area (TPSA) is 173 Å². The Hall–Kier alpha value is -4.46. The molecule has 3 fully saturated rings. The molecule has 0 spiro atoms. The highest BCUT2D eigenvalue weighted by molar-refractivity contribution is 7.91. The Morgan fingerprint density at radius 1 is 1.08 bits per heavy atom. The number of aromatic nitrogens is 1. The van der Waals surface area contributed by atoms with Gasteiger partial charge in [0.1, 0.15) is 17.4 Å². The van der Waals surface area contributed by atoms with Gasteiger partial charge in [-0.15, -0.1) is 0 Å². The molecule has 6 rings (SSSR count). The number of fused-ring (bicyclic) bond motifs is 2. The van der Waals surface area contributed by atoms with E-state index in [4.69, 9.17) is 9.47 Å². The molecule has 0 bridgehead atoms. The maximum Gasteiger partial charge on any atom is 0.411 e. The van der Waals surface area contributed by atoms with Crippen LogP contribution in [0.5, 0.6) is 5.75 Å². The van der Waals surface area contributed by atoms with Crippen LogP contribution in [-0.2, 0) is 29.1 Å². The highest BCUT2D eigenvalue weighted by Crippen LogP contribution is 2.47. The lowest BCUT2D eigenvalue weighted by atomic mass is 9.93. The molecule has 14 heteroatoms. The van der Waals surface area contributed by atoms with Gasteiger partial charge in [-0.25, -0.2) is 13.2 Å². The standard InChI is InChI=1S/C35H43N5O8S/c1-21-9-14-29(36-20-21)26-13-10-23(47-3)18-30(26)37-34(44)48-24-16-27-28(17-24)32(42)40(2)15-7-5-4-6-8-22-19-35(22,38-31(27)41)33(43)39-49(45,46)25-11-12-25/h6,8-10,13-14,18,20,22,24-25,27-28H,4-5,7,11-12,15-17,19H2,1-3H3,(H,37,44)(H,38,41)(H,39,43)/b8-6-/t22-,24-,27-,28-,35-/m1/s1. The first kappa shape index (κ1) is 34.4. The molecular weight excluding hydrogens is 650 g/mol. The fourth-order valence-corrected chi connectivity index (χ4v) is 8.15. The van der Waals surface area contributed by atoms with E-state index in [2.05, 4.69) is 20.3 Å². The van der Waals surface area contributed by atoms with Gasteiger partial charge < -0.3 is 19.7 Å². The minimum Gasteiger partial charge on any atom is -0.497 e. The summed E-state index contributed by atoms with van der Waals surface area (Å²) in [5.74, 6) is -3.15.